The van der Waals surface area contributed by atoms with Crippen LogP contribution in [0.5, 0.6) is 0 Å². The first kappa shape index (κ1) is 24.8. The molecule has 0 radical (unpaired) electrons. The maximum absolute atomic E-state index is 11.8. The van der Waals surface area contributed by atoms with Gasteiger partial charge in [0, 0.05) is 0 Å². The minimum Gasteiger partial charge on any atom is -0.349 e. The summed E-state index contributed by atoms with van der Waals surface area (Å²) in [6.07, 6.45) is 0. The molecule has 0 bridgehead atoms. The molecule has 1 atom stereocenters. The van der Waals surface area contributed by atoms with Crippen LogP contribution >= 0.6 is 11.8 Å². The lowest BCUT2D eigenvalue weighted by Crippen LogP contribution is -2.41. The van der Waals surface area contributed by atoms with Crippen molar-refractivity contribution in [3.63, 3.8) is 0 Å². The minimum absolute atomic E-state index is 0.169. The third-order valence-corrected chi connectivity index (χ3v) is 4.53. The van der Waals surface area contributed by atoms with Gasteiger partial charge in [-0.1, -0.05) is 76.2 Å². The van der Waals surface area contributed by atoms with E-state index >= 15 is 0 Å². The summed E-state index contributed by atoms with van der Waals surface area (Å²) in [5.41, 5.74) is 1.44. The number of carbonyl (C=O) groups is 1. The van der Waals surface area contributed by atoms with Crippen molar-refractivity contribution in [3.8, 4) is 0 Å². The smallest absolute Gasteiger partial charge is 0.230 e. The molecule has 0 aromatic heterocycles. The summed E-state index contributed by atoms with van der Waals surface area (Å²) < 4.78 is 0. The lowest BCUT2D eigenvalue weighted by atomic mass is 9.86. The molecular formula is C20H41NOS. The van der Waals surface area contributed by atoms with Gasteiger partial charge in [0.25, 0.3) is 0 Å². The van der Waals surface area contributed by atoms with Crippen LogP contribution in [-0.4, -0.2) is 17.7 Å². The Labute approximate surface area is 150 Å². The van der Waals surface area contributed by atoms with Crippen LogP contribution in [0.1, 0.15) is 76.2 Å². The van der Waals surface area contributed by atoms with Gasteiger partial charge in [0.15, 0.2) is 0 Å². The normalized spacial score (nSPS) is 18.4. The van der Waals surface area contributed by atoms with Gasteiger partial charge < -0.3 is 5.32 Å². The number of amides is 1. The SMILES string of the molecule is CC.CC(C)C.CC(C)C1=C(C(C)C)C(C(C)C)NC(=O)CS1. The highest BCUT2D eigenvalue weighted by molar-refractivity contribution is 8.03. The minimum atomic E-state index is 0.169. The summed E-state index contributed by atoms with van der Waals surface area (Å²) in [4.78, 5) is 13.2. The molecule has 0 aromatic carbocycles. The van der Waals surface area contributed by atoms with E-state index < -0.39 is 0 Å². The molecule has 1 rings (SSSR count). The Balaban J connectivity index is 0. The largest absolute Gasteiger partial charge is 0.349 e. The second-order valence-electron chi connectivity index (χ2n) is 7.44. The molecule has 1 heterocycles. The third-order valence-electron chi connectivity index (χ3n) is 3.11. The Morgan fingerprint density at radius 3 is 1.65 bits per heavy atom. The third kappa shape index (κ3) is 10.1. The van der Waals surface area contributed by atoms with Crippen molar-refractivity contribution in [1.82, 2.24) is 5.32 Å². The van der Waals surface area contributed by atoms with Crippen molar-refractivity contribution in [2.75, 3.05) is 5.75 Å². The highest BCUT2D eigenvalue weighted by Gasteiger charge is 2.29. The maximum atomic E-state index is 11.8. The van der Waals surface area contributed by atoms with E-state index in [1.807, 2.05) is 13.8 Å². The molecule has 2 nitrogen and oxygen atoms in total. The van der Waals surface area contributed by atoms with Crippen molar-refractivity contribution >= 4 is 17.7 Å². The fourth-order valence-electron chi connectivity index (χ4n) is 2.34. The Morgan fingerprint density at radius 2 is 1.35 bits per heavy atom. The van der Waals surface area contributed by atoms with Crippen LogP contribution in [0, 0.1) is 23.7 Å². The van der Waals surface area contributed by atoms with Crippen LogP contribution in [-0.2, 0) is 4.79 Å². The number of allylic oxidation sites excluding steroid dienone is 1. The van der Waals surface area contributed by atoms with E-state index in [2.05, 4.69) is 67.6 Å². The van der Waals surface area contributed by atoms with Gasteiger partial charge in [-0.2, -0.15) is 0 Å². The first-order valence-electron chi connectivity index (χ1n) is 9.23. The average Bonchev–Trinajstić information content (AvgIpc) is 2.59. The zero-order valence-corrected chi connectivity index (χ0v) is 18.2. The molecule has 23 heavy (non-hydrogen) atoms. The topological polar surface area (TPSA) is 29.1 Å². The number of hydrogen-bond donors (Lipinski definition) is 1. The molecule has 0 aliphatic carbocycles. The van der Waals surface area contributed by atoms with Crippen molar-refractivity contribution < 1.29 is 4.79 Å². The molecule has 138 valence electrons. The molecule has 1 amide bonds. The van der Waals surface area contributed by atoms with E-state index in [1.54, 1.807) is 11.8 Å². The fraction of sp³-hybridized carbons (Fsp3) is 0.850. The predicted octanol–water partition coefficient (Wildman–Crippen LogP) is 6.13. The molecule has 3 heteroatoms. The second-order valence-corrected chi connectivity index (χ2v) is 8.46. The lowest BCUT2D eigenvalue weighted by Gasteiger charge is -2.29. The maximum Gasteiger partial charge on any atom is 0.230 e. The van der Waals surface area contributed by atoms with Crippen molar-refractivity contribution in [2.24, 2.45) is 23.7 Å². The van der Waals surface area contributed by atoms with E-state index in [1.165, 1.54) is 10.5 Å². The highest BCUT2D eigenvalue weighted by atomic mass is 32.2. The molecule has 1 aliphatic heterocycles. The van der Waals surface area contributed by atoms with Gasteiger partial charge in [-0.05, 0) is 34.1 Å². The van der Waals surface area contributed by atoms with Crippen LogP contribution in [0.2, 0.25) is 0 Å². The van der Waals surface area contributed by atoms with Crippen molar-refractivity contribution in [1.29, 1.82) is 0 Å². The highest BCUT2D eigenvalue weighted by Crippen LogP contribution is 2.36. The molecule has 1 aliphatic rings. The molecule has 0 saturated heterocycles. The Bertz CT molecular complexity index is 354. The van der Waals surface area contributed by atoms with Gasteiger partial charge in [-0.3, -0.25) is 4.79 Å². The second kappa shape index (κ2) is 12.9. The van der Waals surface area contributed by atoms with E-state index in [0.29, 0.717) is 23.5 Å². The number of nitrogens with one attached hydrogen (secondary N) is 1. The summed E-state index contributed by atoms with van der Waals surface area (Å²) in [6, 6.07) is 0.204. The van der Waals surface area contributed by atoms with Gasteiger partial charge in [-0.15, -0.1) is 11.8 Å². The van der Waals surface area contributed by atoms with Crippen molar-refractivity contribution in [3.05, 3.63) is 10.5 Å². The van der Waals surface area contributed by atoms with Gasteiger partial charge in [0.05, 0.1) is 11.8 Å². The molecule has 1 N–H and O–H groups in total. The Morgan fingerprint density at radius 1 is 0.913 bits per heavy atom. The molecule has 0 spiro atoms. The van der Waals surface area contributed by atoms with Crippen molar-refractivity contribution in [2.45, 2.75) is 82.2 Å². The van der Waals surface area contributed by atoms with Crippen LogP contribution < -0.4 is 5.32 Å². The average molecular weight is 344 g/mol. The zero-order valence-electron chi connectivity index (χ0n) is 17.4. The van der Waals surface area contributed by atoms with Gasteiger partial charge in [0.1, 0.15) is 0 Å². The van der Waals surface area contributed by atoms with E-state index in [4.69, 9.17) is 0 Å². The van der Waals surface area contributed by atoms with Gasteiger partial charge in [0.2, 0.25) is 5.91 Å². The molecule has 1 unspecified atom stereocenters. The van der Waals surface area contributed by atoms with E-state index in [-0.39, 0.29) is 11.9 Å². The summed E-state index contributed by atoms with van der Waals surface area (Å²) in [5.74, 6) is 3.01. The lowest BCUT2D eigenvalue weighted by molar-refractivity contribution is -0.119. The number of thioether (sulfide) groups is 1. The zero-order chi connectivity index (χ0) is 18.7. The molecule has 0 fully saturated rings. The summed E-state index contributed by atoms with van der Waals surface area (Å²) in [6.45, 7) is 23.8. The molecule has 0 aromatic rings. The number of carbonyl (C=O) groups excluding carboxylic acids is 1. The van der Waals surface area contributed by atoms with Gasteiger partial charge in [-0.25, -0.2) is 0 Å². The molecular weight excluding hydrogens is 302 g/mol. The monoisotopic (exact) mass is 343 g/mol. The first-order chi connectivity index (χ1) is 10.6. The fourth-order valence-corrected chi connectivity index (χ4v) is 3.57. The van der Waals surface area contributed by atoms with Crippen LogP contribution in [0.25, 0.3) is 0 Å². The van der Waals surface area contributed by atoms with Gasteiger partial charge >= 0.3 is 0 Å². The number of rotatable bonds is 3. The quantitative estimate of drug-likeness (QED) is 0.668. The molecule has 0 saturated carbocycles. The summed E-state index contributed by atoms with van der Waals surface area (Å²) in [7, 11) is 0. The Hall–Kier alpha value is -0.440. The number of hydrogen-bond acceptors (Lipinski definition) is 2. The van der Waals surface area contributed by atoms with Crippen LogP contribution in [0.4, 0.5) is 0 Å². The first-order valence-corrected chi connectivity index (χ1v) is 10.2. The predicted molar refractivity (Wildman–Crippen MR) is 108 cm³/mol. The van der Waals surface area contributed by atoms with E-state index in [9.17, 15) is 4.79 Å². The van der Waals surface area contributed by atoms with Crippen LogP contribution in [0.3, 0.4) is 0 Å². The standard InChI is InChI=1S/C14H25NOS.C4H10.C2H6/c1-8(2)12-13(9(3)4)15-11(16)7-17-14(12)10(5)6;1-4(2)3;1-2/h8-10,13H,7H2,1-6H3,(H,15,16);4H,1-3H3;1-2H3. The van der Waals surface area contributed by atoms with E-state index in [0.717, 1.165) is 5.92 Å². The van der Waals surface area contributed by atoms with Crippen LogP contribution in [0.15, 0.2) is 10.5 Å². The Kier molecular flexibility index (Phi) is 13.9. The summed E-state index contributed by atoms with van der Waals surface area (Å²) >= 11 is 1.73. The summed E-state index contributed by atoms with van der Waals surface area (Å²) in [5, 5.41) is 3.18.